The molecule has 0 aliphatic carbocycles. The Kier molecular flexibility index (Phi) is 3.44. The average Bonchev–Trinajstić information content (AvgIpc) is 2.88. The topological polar surface area (TPSA) is 49.4 Å². The predicted octanol–water partition coefficient (Wildman–Crippen LogP) is 4.57. The Morgan fingerprint density at radius 2 is 1.52 bits per heavy atom. The lowest BCUT2D eigenvalue weighted by atomic mass is 9.97. The Hall–Kier alpha value is -3.66. The number of hydrogen-bond donors (Lipinski definition) is 1. The van der Waals surface area contributed by atoms with Crippen molar-refractivity contribution in [3.05, 3.63) is 89.5 Å². The second-order valence-electron chi connectivity index (χ2n) is 6.64. The van der Waals surface area contributed by atoms with Crippen LogP contribution < -0.4 is 10.2 Å². The van der Waals surface area contributed by atoms with Crippen LogP contribution in [-0.2, 0) is 9.59 Å². The Labute approximate surface area is 156 Å². The summed E-state index contributed by atoms with van der Waals surface area (Å²) >= 11 is 0. The van der Waals surface area contributed by atoms with Gasteiger partial charge in [-0.3, -0.25) is 14.5 Å². The van der Waals surface area contributed by atoms with Gasteiger partial charge in [0.2, 0.25) is 11.8 Å². The van der Waals surface area contributed by atoms with E-state index in [1.54, 1.807) is 4.90 Å². The molecule has 2 aliphatic rings. The average molecular weight is 352 g/mol. The number of fused-ring (bicyclic) bond motifs is 2. The minimum atomic E-state index is -0.861. The van der Waals surface area contributed by atoms with Crippen molar-refractivity contribution in [1.29, 1.82) is 0 Å². The summed E-state index contributed by atoms with van der Waals surface area (Å²) in [5.74, 6) is -1.39. The van der Waals surface area contributed by atoms with E-state index in [1.165, 1.54) is 0 Å². The fourth-order valence-corrected chi connectivity index (χ4v) is 3.82. The predicted molar refractivity (Wildman–Crippen MR) is 107 cm³/mol. The molecule has 0 fully saturated rings. The highest BCUT2D eigenvalue weighted by molar-refractivity contribution is 6.24. The highest BCUT2D eigenvalue weighted by atomic mass is 16.2. The molecule has 3 aromatic carbocycles. The molecule has 2 aliphatic heterocycles. The van der Waals surface area contributed by atoms with E-state index in [2.05, 4.69) is 5.32 Å². The van der Waals surface area contributed by atoms with Crippen LogP contribution in [0, 0.1) is 0 Å². The van der Waals surface area contributed by atoms with Crippen molar-refractivity contribution < 1.29 is 9.59 Å². The molecule has 2 amide bonds. The third kappa shape index (κ3) is 2.38. The van der Waals surface area contributed by atoms with E-state index in [1.807, 2.05) is 84.9 Å². The SMILES string of the molecule is O=C(Nc1ccccc1)C1C(=O)N2c3ccccc3C=Cc3cccc1c32. The molecule has 3 aromatic rings. The lowest BCUT2D eigenvalue weighted by molar-refractivity contribution is -0.126. The molecule has 1 atom stereocenters. The summed E-state index contributed by atoms with van der Waals surface area (Å²) in [6.07, 6.45) is 4.01. The van der Waals surface area contributed by atoms with Crippen LogP contribution in [0.3, 0.4) is 0 Å². The summed E-state index contributed by atoms with van der Waals surface area (Å²) in [5.41, 5.74) is 4.92. The minimum Gasteiger partial charge on any atom is -0.325 e. The van der Waals surface area contributed by atoms with Gasteiger partial charge >= 0.3 is 0 Å². The van der Waals surface area contributed by atoms with Gasteiger partial charge in [0.25, 0.3) is 0 Å². The molecular weight excluding hydrogens is 336 g/mol. The van der Waals surface area contributed by atoms with Gasteiger partial charge in [-0.15, -0.1) is 0 Å². The zero-order valence-electron chi connectivity index (χ0n) is 14.4. The van der Waals surface area contributed by atoms with Crippen LogP contribution in [0.25, 0.3) is 12.2 Å². The summed E-state index contributed by atoms with van der Waals surface area (Å²) in [6, 6.07) is 22.7. The molecule has 2 heterocycles. The number of carbonyl (C=O) groups excluding carboxylic acids is 2. The normalized spacial score (nSPS) is 16.5. The molecule has 0 saturated carbocycles. The van der Waals surface area contributed by atoms with Crippen LogP contribution in [-0.4, -0.2) is 11.8 Å². The Morgan fingerprint density at radius 1 is 0.815 bits per heavy atom. The van der Waals surface area contributed by atoms with Crippen molar-refractivity contribution in [2.24, 2.45) is 0 Å². The first-order valence-electron chi connectivity index (χ1n) is 8.84. The third-order valence-corrected chi connectivity index (χ3v) is 5.02. The number of amides is 2. The van der Waals surface area contributed by atoms with Crippen molar-refractivity contribution in [3.8, 4) is 0 Å². The lowest BCUT2D eigenvalue weighted by Crippen LogP contribution is -2.31. The summed E-state index contributed by atoms with van der Waals surface area (Å²) in [6.45, 7) is 0. The van der Waals surface area contributed by atoms with Gasteiger partial charge in [0, 0.05) is 5.69 Å². The van der Waals surface area contributed by atoms with Crippen molar-refractivity contribution in [2.75, 3.05) is 10.2 Å². The van der Waals surface area contributed by atoms with E-state index in [-0.39, 0.29) is 11.8 Å². The Balaban J connectivity index is 1.63. The maximum atomic E-state index is 13.4. The smallest absolute Gasteiger partial charge is 0.248 e. The van der Waals surface area contributed by atoms with E-state index in [4.69, 9.17) is 0 Å². The first kappa shape index (κ1) is 15.6. The quantitative estimate of drug-likeness (QED) is 0.687. The zero-order valence-corrected chi connectivity index (χ0v) is 14.4. The van der Waals surface area contributed by atoms with E-state index < -0.39 is 5.92 Å². The molecule has 5 rings (SSSR count). The van der Waals surface area contributed by atoms with Crippen LogP contribution >= 0.6 is 0 Å². The molecular formula is C23H16N2O2. The number of rotatable bonds is 2. The maximum absolute atomic E-state index is 13.4. The standard InChI is InChI=1S/C23H16N2O2/c26-22(24-17-9-2-1-3-10-17)20-18-11-6-8-16-14-13-15-7-4-5-12-19(15)25(21(16)18)23(20)27/h1-14,20H,(H,24,26). The fraction of sp³-hybridized carbons (Fsp3) is 0.0435. The number of carbonyl (C=O) groups is 2. The highest BCUT2D eigenvalue weighted by Gasteiger charge is 2.44. The van der Waals surface area contributed by atoms with Gasteiger partial charge in [-0.1, -0.05) is 66.7 Å². The molecule has 0 aromatic heterocycles. The second kappa shape index (κ2) is 5.95. The van der Waals surface area contributed by atoms with Crippen molar-refractivity contribution >= 4 is 41.0 Å². The number of nitrogens with zero attached hydrogens (tertiary/aromatic N) is 1. The van der Waals surface area contributed by atoms with Crippen LogP contribution in [0.4, 0.5) is 17.1 Å². The van der Waals surface area contributed by atoms with Gasteiger partial charge in [-0.05, 0) is 34.9 Å². The van der Waals surface area contributed by atoms with Gasteiger partial charge < -0.3 is 5.32 Å². The summed E-state index contributed by atoms with van der Waals surface area (Å²) in [5, 5.41) is 2.87. The second-order valence-corrected chi connectivity index (χ2v) is 6.64. The molecule has 1 N–H and O–H groups in total. The molecule has 130 valence electrons. The van der Waals surface area contributed by atoms with Crippen molar-refractivity contribution in [1.82, 2.24) is 0 Å². The Bertz CT molecular complexity index is 1100. The number of anilines is 3. The van der Waals surface area contributed by atoms with Crippen LogP contribution in [0.2, 0.25) is 0 Å². The molecule has 0 spiro atoms. The van der Waals surface area contributed by atoms with Gasteiger partial charge in [0.05, 0.1) is 11.4 Å². The summed E-state index contributed by atoms with van der Waals surface area (Å²) in [7, 11) is 0. The number of para-hydroxylation sites is 3. The van der Waals surface area contributed by atoms with E-state index >= 15 is 0 Å². The van der Waals surface area contributed by atoms with Gasteiger partial charge in [-0.2, -0.15) is 0 Å². The largest absolute Gasteiger partial charge is 0.325 e. The molecule has 4 heteroatoms. The maximum Gasteiger partial charge on any atom is 0.248 e. The molecule has 0 radical (unpaired) electrons. The minimum absolute atomic E-state index is 0.220. The molecule has 27 heavy (non-hydrogen) atoms. The van der Waals surface area contributed by atoms with Crippen LogP contribution in [0.15, 0.2) is 72.8 Å². The van der Waals surface area contributed by atoms with Crippen molar-refractivity contribution in [2.45, 2.75) is 5.92 Å². The van der Waals surface area contributed by atoms with E-state index in [9.17, 15) is 9.59 Å². The first-order chi connectivity index (χ1) is 13.2. The molecule has 0 bridgehead atoms. The fourth-order valence-electron chi connectivity index (χ4n) is 3.82. The zero-order chi connectivity index (χ0) is 18.4. The van der Waals surface area contributed by atoms with E-state index in [0.29, 0.717) is 5.69 Å². The van der Waals surface area contributed by atoms with Gasteiger partial charge in [0.1, 0.15) is 5.92 Å². The number of benzene rings is 3. The first-order valence-corrected chi connectivity index (χ1v) is 8.84. The molecule has 1 unspecified atom stereocenters. The number of nitrogens with one attached hydrogen (secondary N) is 1. The molecule has 0 saturated heterocycles. The lowest BCUT2D eigenvalue weighted by Gasteiger charge is -2.20. The summed E-state index contributed by atoms with van der Waals surface area (Å²) < 4.78 is 0. The van der Waals surface area contributed by atoms with Gasteiger partial charge in [0.15, 0.2) is 0 Å². The van der Waals surface area contributed by atoms with Crippen LogP contribution in [0.5, 0.6) is 0 Å². The molecule has 4 nitrogen and oxygen atoms in total. The third-order valence-electron chi connectivity index (χ3n) is 5.02. The highest BCUT2D eigenvalue weighted by Crippen LogP contribution is 2.47. The van der Waals surface area contributed by atoms with E-state index in [0.717, 1.165) is 28.1 Å². The van der Waals surface area contributed by atoms with Crippen molar-refractivity contribution in [3.63, 3.8) is 0 Å². The van der Waals surface area contributed by atoms with Crippen LogP contribution in [0.1, 0.15) is 22.6 Å². The monoisotopic (exact) mass is 352 g/mol. The Morgan fingerprint density at radius 3 is 2.37 bits per heavy atom. The van der Waals surface area contributed by atoms with Gasteiger partial charge in [-0.25, -0.2) is 0 Å². The number of hydrogen-bond acceptors (Lipinski definition) is 2. The summed E-state index contributed by atoms with van der Waals surface area (Å²) in [4.78, 5) is 28.1.